The van der Waals surface area contributed by atoms with E-state index in [2.05, 4.69) is 4.99 Å². The summed E-state index contributed by atoms with van der Waals surface area (Å²) in [6, 6.07) is 10.1. The van der Waals surface area contributed by atoms with Crippen molar-refractivity contribution in [1.29, 1.82) is 0 Å². The summed E-state index contributed by atoms with van der Waals surface area (Å²) in [7, 11) is -1.93. The number of hydrogen-bond donors (Lipinski definition) is 0. The Morgan fingerprint density at radius 3 is 2.42 bits per heavy atom. The number of amides is 1. The predicted octanol–water partition coefficient (Wildman–Crippen LogP) is 2.92. The summed E-state index contributed by atoms with van der Waals surface area (Å²) >= 11 is 1.21. The monoisotopic (exact) mass is 463 g/mol. The van der Waals surface area contributed by atoms with Gasteiger partial charge in [0.2, 0.25) is 10.0 Å². The molecule has 1 aliphatic heterocycles. The number of nitrogens with zero attached hydrogens (tertiary/aromatic N) is 3. The van der Waals surface area contributed by atoms with Crippen LogP contribution in [0.5, 0.6) is 0 Å². The molecule has 31 heavy (non-hydrogen) atoms. The number of halogens is 1. The van der Waals surface area contributed by atoms with E-state index in [1.165, 1.54) is 52.0 Å². The first-order valence-corrected chi connectivity index (χ1v) is 12.0. The van der Waals surface area contributed by atoms with Crippen LogP contribution in [0.15, 0.2) is 52.4 Å². The molecule has 2 atom stereocenters. The van der Waals surface area contributed by atoms with E-state index in [4.69, 9.17) is 4.74 Å². The van der Waals surface area contributed by atoms with Crippen molar-refractivity contribution in [2.24, 2.45) is 12.0 Å². The molecule has 0 bridgehead atoms. The van der Waals surface area contributed by atoms with Crippen LogP contribution in [0.3, 0.4) is 0 Å². The second-order valence-corrected chi connectivity index (χ2v) is 10.5. The van der Waals surface area contributed by atoms with Gasteiger partial charge in [0.15, 0.2) is 4.80 Å². The van der Waals surface area contributed by atoms with Crippen molar-refractivity contribution in [3.05, 3.63) is 58.6 Å². The number of aromatic nitrogens is 1. The van der Waals surface area contributed by atoms with Crippen LogP contribution in [-0.2, 0) is 21.8 Å². The Bertz CT molecular complexity index is 1300. The quantitative estimate of drug-likeness (QED) is 0.598. The Kier molecular flexibility index (Phi) is 5.82. The maximum absolute atomic E-state index is 13.5. The highest BCUT2D eigenvalue weighted by molar-refractivity contribution is 7.89. The van der Waals surface area contributed by atoms with Crippen LogP contribution in [0, 0.1) is 5.82 Å². The average molecular weight is 464 g/mol. The Hall–Kier alpha value is -2.40. The lowest BCUT2D eigenvalue weighted by molar-refractivity contribution is -0.0440. The molecule has 0 radical (unpaired) electrons. The Balaban J connectivity index is 1.60. The van der Waals surface area contributed by atoms with E-state index in [0.29, 0.717) is 9.50 Å². The van der Waals surface area contributed by atoms with Gasteiger partial charge in [-0.2, -0.15) is 9.30 Å². The third-order valence-corrected chi connectivity index (χ3v) is 8.03. The molecule has 2 heterocycles. The standard InChI is InChI=1S/C21H22FN3O4S2/c1-13-11-25(12-14(2)29-13)31(27,28)17-7-4-15(5-8-17)20(26)23-21-24(3)18-9-6-16(22)10-19(18)30-21/h4-10,13-14H,11-12H2,1-3H3. The van der Waals surface area contributed by atoms with Crippen molar-refractivity contribution < 1.29 is 22.3 Å². The second kappa shape index (κ2) is 8.27. The van der Waals surface area contributed by atoms with Crippen LogP contribution in [0.25, 0.3) is 10.2 Å². The minimum absolute atomic E-state index is 0.119. The molecule has 3 aromatic rings. The molecule has 2 aromatic carbocycles. The number of ether oxygens (including phenoxy) is 1. The largest absolute Gasteiger partial charge is 0.373 e. The molecule has 0 aliphatic carbocycles. The molecule has 0 spiro atoms. The molecule has 1 saturated heterocycles. The number of sulfonamides is 1. The van der Waals surface area contributed by atoms with Crippen molar-refractivity contribution in [3.63, 3.8) is 0 Å². The van der Waals surface area contributed by atoms with Gasteiger partial charge in [0, 0.05) is 25.7 Å². The highest BCUT2D eigenvalue weighted by atomic mass is 32.2. The van der Waals surface area contributed by atoms with Crippen LogP contribution >= 0.6 is 11.3 Å². The average Bonchev–Trinajstić information content (AvgIpc) is 3.01. The van der Waals surface area contributed by atoms with Gasteiger partial charge in [-0.3, -0.25) is 4.79 Å². The molecule has 0 N–H and O–H groups in total. The molecule has 1 amide bonds. The van der Waals surface area contributed by atoms with Gasteiger partial charge in [0.25, 0.3) is 5.91 Å². The summed E-state index contributed by atoms with van der Waals surface area (Å²) in [6.45, 7) is 4.24. The Morgan fingerprint density at radius 1 is 1.13 bits per heavy atom. The molecule has 0 saturated carbocycles. The van der Waals surface area contributed by atoms with Gasteiger partial charge in [0.05, 0.1) is 27.3 Å². The Morgan fingerprint density at radius 2 is 1.77 bits per heavy atom. The van der Waals surface area contributed by atoms with E-state index in [-0.39, 0.29) is 41.6 Å². The Labute approximate surface area is 183 Å². The van der Waals surface area contributed by atoms with Crippen molar-refractivity contribution in [2.45, 2.75) is 31.0 Å². The SMILES string of the molecule is CC1CN(S(=O)(=O)c2ccc(C(=O)N=c3sc4cc(F)ccc4n3C)cc2)CC(C)O1. The number of morpholine rings is 1. The van der Waals surface area contributed by atoms with E-state index in [1.54, 1.807) is 17.7 Å². The summed E-state index contributed by atoms with van der Waals surface area (Å²) in [6.07, 6.45) is -0.373. The first kappa shape index (κ1) is 21.8. The molecular weight excluding hydrogens is 441 g/mol. The summed E-state index contributed by atoms with van der Waals surface area (Å²) in [5.74, 6) is -0.853. The molecule has 10 heteroatoms. The molecule has 2 unspecified atom stereocenters. The fourth-order valence-corrected chi connectivity index (χ4v) is 6.24. The lowest BCUT2D eigenvalue weighted by atomic mass is 10.2. The third kappa shape index (κ3) is 4.33. The lowest BCUT2D eigenvalue weighted by Crippen LogP contribution is -2.48. The van der Waals surface area contributed by atoms with Gasteiger partial charge in [-0.1, -0.05) is 11.3 Å². The number of carbonyl (C=O) groups excluding carboxylic acids is 1. The minimum Gasteiger partial charge on any atom is -0.373 e. The summed E-state index contributed by atoms with van der Waals surface area (Å²) in [4.78, 5) is 17.3. The van der Waals surface area contributed by atoms with Gasteiger partial charge >= 0.3 is 0 Å². The third-order valence-electron chi connectivity index (χ3n) is 5.09. The molecule has 1 aromatic heterocycles. The lowest BCUT2D eigenvalue weighted by Gasteiger charge is -2.34. The number of aryl methyl sites for hydroxylation is 1. The topological polar surface area (TPSA) is 81.0 Å². The van der Waals surface area contributed by atoms with E-state index < -0.39 is 15.9 Å². The van der Waals surface area contributed by atoms with E-state index in [0.717, 1.165) is 5.52 Å². The molecule has 164 valence electrons. The zero-order chi connectivity index (χ0) is 22.3. The van der Waals surface area contributed by atoms with Gasteiger partial charge in [-0.05, 0) is 56.3 Å². The highest BCUT2D eigenvalue weighted by Gasteiger charge is 2.32. The maximum Gasteiger partial charge on any atom is 0.279 e. The van der Waals surface area contributed by atoms with Gasteiger partial charge in [0.1, 0.15) is 5.82 Å². The van der Waals surface area contributed by atoms with Crippen LogP contribution in [0.4, 0.5) is 4.39 Å². The predicted molar refractivity (Wildman–Crippen MR) is 116 cm³/mol. The molecule has 7 nitrogen and oxygen atoms in total. The normalized spacial score (nSPS) is 21.0. The zero-order valence-corrected chi connectivity index (χ0v) is 18.9. The summed E-state index contributed by atoms with van der Waals surface area (Å²) in [5, 5.41) is 0. The molecule has 1 aliphatic rings. The van der Waals surface area contributed by atoms with Crippen LogP contribution in [0.2, 0.25) is 0 Å². The first-order valence-electron chi connectivity index (χ1n) is 9.75. The minimum atomic E-state index is -3.68. The van der Waals surface area contributed by atoms with Crippen LogP contribution < -0.4 is 4.80 Å². The van der Waals surface area contributed by atoms with E-state index >= 15 is 0 Å². The van der Waals surface area contributed by atoms with E-state index in [1.807, 2.05) is 13.8 Å². The van der Waals surface area contributed by atoms with Crippen LogP contribution in [-0.4, -0.2) is 48.5 Å². The molecule has 4 rings (SSSR count). The van der Waals surface area contributed by atoms with Crippen molar-refractivity contribution in [2.75, 3.05) is 13.1 Å². The first-order chi connectivity index (χ1) is 14.6. The number of benzene rings is 2. The fourth-order valence-electron chi connectivity index (χ4n) is 3.61. The van der Waals surface area contributed by atoms with Gasteiger partial charge < -0.3 is 9.30 Å². The molecule has 1 fully saturated rings. The van der Waals surface area contributed by atoms with Crippen molar-refractivity contribution >= 4 is 37.5 Å². The number of fused-ring (bicyclic) bond motifs is 1. The summed E-state index contributed by atoms with van der Waals surface area (Å²) < 4.78 is 48.8. The highest BCUT2D eigenvalue weighted by Crippen LogP contribution is 2.22. The van der Waals surface area contributed by atoms with Crippen molar-refractivity contribution in [1.82, 2.24) is 8.87 Å². The number of carbonyl (C=O) groups is 1. The van der Waals surface area contributed by atoms with Crippen molar-refractivity contribution in [3.8, 4) is 0 Å². The van der Waals surface area contributed by atoms with Gasteiger partial charge in [-0.15, -0.1) is 0 Å². The zero-order valence-electron chi connectivity index (χ0n) is 17.3. The number of rotatable bonds is 3. The second-order valence-electron chi connectivity index (χ2n) is 7.58. The van der Waals surface area contributed by atoms with Gasteiger partial charge in [-0.25, -0.2) is 12.8 Å². The van der Waals surface area contributed by atoms with E-state index in [9.17, 15) is 17.6 Å². The fraction of sp³-hybridized carbons (Fsp3) is 0.333. The van der Waals surface area contributed by atoms with Crippen LogP contribution in [0.1, 0.15) is 24.2 Å². The smallest absolute Gasteiger partial charge is 0.279 e. The number of hydrogen-bond acceptors (Lipinski definition) is 5. The number of thiazole rings is 1. The molecular formula is C21H22FN3O4S2. The maximum atomic E-state index is 13.5. The summed E-state index contributed by atoms with van der Waals surface area (Å²) in [5.41, 5.74) is 1.04.